The number of hydrogen-bond acceptors (Lipinski definition) is 1. The van der Waals surface area contributed by atoms with Crippen molar-refractivity contribution in [3.05, 3.63) is 36.1 Å². The predicted molar refractivity (Wildman–Crippen MR) is 65.7 cm³/mol. The zero-order chi connectivity index (χ0) is 11.0. The van der Waals surface area contributed by atoms with E-state index in [4.69, 9.17) is 0 Å². The van der Waals surface area contributed by atoms with Gasteiger partial charge in [-0.2, -0.15) is 0 Å². The van der Waals surface area contributed by atoms with Gasteiger partial charge in [-0.05, 0) is 32.3 Å². The van der Waals surface area contributed by atoms with Crippen molar-refractivity contribution in [3.8, 4) is 0 Å². The minimum atomic E-state index is 0.545. The molecule has 0 aromatic carbocycles. The maximum Gasteiger partial charge on any atom is 0.0583 e. The smallest absolute Gasteiger partial charge is 0.0583 e. The van der Waals surface area contributed by atoms with Gasteiger partial charge in [-0.3, -0.25) is 4.99 Å². The number of nitrogens with zero attached hydrogens (tertiary/aromatic N) is 1. The highest BCUT2D eigenvalue weighted by Crippen LogP contribution is 2.04. The van der Waals surface area contributed by atoms with Crippen LogP contribution in [0, 0.1) is 5.92 Å². The fourth-order valence-corrected chi connectivity index (χ4v) is 0.760. The zero-order valence-electron chi connectivity index (χ0n) is 9.75. The molecule has 0 N–H and O–H groups in total. The second-order valence-corrected chi connectivity index (χ2v) is 3.56. The largest absolute Gasteiger partial charge is 0.261 e. The Labute approximate surface area is 87.9 Å². The van der Waals surface area contributed by atoms with Crippen LogP contribution in [0.4, 0.5) is 0 Å². The number of allylic oxidation sites excluding steroid dienone is 4. The summed E-state index contributed by atoms with van der Waals surface area (Å²) in [6, 6.07) is 0. The average molecular weight is 191 g/mol. The summed E-state index contributed by atoms with van der Waals surface area (Å²) in [4.78, 5) is 4.39. The van der Waals surface area contributed by atoms with Crippen molar-refractivity contribution in [1.29, 1.82) is 0 Å². The topological polar surface area (TPSA) is 12.4 Å². The van der Waals surface area contributed by atoms with Gasteiger partial charge in [0.25, 0.3) is 0 Å². The highest BCUT2D eigenvalue weighted by molar-refractivity contribution is 5.62. The Hall–Kier alpha value is -1.11. The van der Waals surface area contributed by atoms with Gasteiger partial charge in [-0.15, -0.1) is 0 Å². The maximum absolute atomic E-state index is 4.39. The van der Waals surface area contributed by atoms with Gasteiger partial charge in [0.05, 0.1) is 5.70 Å². The molecule has 0 saturated carbocycles. The molecule has 0 radical (unpaired) electrons. The quantitative estimate of drug-likeness (QED) is 0.457. The van der Waals surface area contributed by atoms with Gasteiger partial charge >= 0.3 is 0 Å². The molecule has 0 aliphatic heterocycles. The van der Waals surface area contributed by atoms with Gasteiger partial charge in [0.1, 0.15) is 0 Å². The molecule has 0 aliphatic carbocycles. The first-order chi connectivity index (χ1) is 6.60. The van der Waals surface area contributed by atoms with E-state index in [1.54, 1.807) is 0 Å². The van der Waals surface area contributed by atoms with Gasteiger partial charge in [0.15, 0.2) is 0 Å². The summed E-state index contributed by atoms with van der Waals surface area (Å²) < 4.78 is 0. The van der Waals surface area contributed by atoms with Gasteiger partial charge in [-0.1, -0.05) is 38.2 Å². The van der Waals surface area contributed by atoms with Crippen LogP contribution in [0.2, 0.25) is 0 Å². The lowest BCUT2D eigenvalue weighted by molar-refractivity contribution is 0.754. The first-order valence-corrected chi connectivity index (χ1v) is 5.14. The highest BCUT2D eigenvalue weighted by Gasteiger charge is 1.92. The molecule has 0 amide bonds. The molecular formula is C13H21N. The van der Waals surface area contributed by atoms with Crippen molar-refractivity contribution in [2.75, 3.05) is 0 Å². The first-order valence-electron chi connectivity index (χ1n) is 5.14. The molecule has 1 unspecified atom stereocenters. The summed E-state index contributed by atoms with van der Waals surface area (Å²) >= 11 is 0. The van der Waals surface area contributed by atoms with Crippen molar-refractivity contribution in [2.45, 2.75) is 34.1 Å². The van der Waals surface area contributed by atoms with Crippen LogP contribution in [0.15, 0.2) is 41.1 Å². The number of hydrogen-bond donors (Lipinski definition) is 0. The fraction of sp³-hybridized carbons (Fsp3) is 0.462. The van der Waals surface area contributed by atoms with Crippen LogP contribution in [0.25, 0.3) is 0 Å². The van der Waals surface area contributed by atoms with Crippen molar-refractivity contribution in [1.82, 2.24) is 0 Å². The Morgan fingerprint density at radius 2 is 2.07 bits per heavy atom. The van der Waals surface area contributed by atoms with Crippen molar-refractivity contribution < 1.29 is 0 Å². The van der Waals surface area contributed by atoms with Crippen molar-refractivity contribution >= 4 is 6.21 Å². The average Bonchev–Trinajstić information content (AvgIpc) is 2.17. The molecule has 0 bridgehead atoms. The summed E-state index contributed by atoms with van der Waals surface area (Å²) in [5, 5.41) is 0. The Kier molecular flexibility index (Phi) is 6.73. The van der Waals surface area contributed by atoms with Crippen LogP contribution in [-0.4, -0.2) is 6.21 Å². The molecule has 1 heteroatoms. The minimum Gasteiger partial charge on any atom is -0.261 e. The molecule has 14 heavy (non-hydrogen) atoms. The monoisotopic (exact) mass is 191 g/mol. The Morgan fingerprint density at radius 1 is 1.43 bits per heavy atom. The lowest BCUT2D eigenvalue weighted by Gasteiger charge is -1.99. The van der Waals surface area contributed by atoms with Crippen LogP contribution >= 0.6 is 0 Å². The Bertz CT molecular complexity index is 256. The van der Waals surface area contributed by atoms with E-state index in [2.05, 4.69) is 25.4 Å². The molecule has 1 atom stereocenters. The molecule has 0 aromatic rings. The normalized spacial score (nSPS) is 15.3. The summed E-state index contributed by atoms with van der Waals surface area (Å²) in [6.45, 7) is 12.1. The van der Waals surface area contributed by atoms with E-state index in [1.807, 2.05) is 38.3 Å². The highest BCUT2D eigenvalue weighted by atomic mass is 14.7. The van der Waals surface area contributed by atoms with Gasteiger partial charge in [-0.25, -0.2) is 0 Å². The lowest BCUT2D eigenvalue weighted by atomic mass is 10.1. The summed E-state index contributed by atoms with van der Waals surface area (Å²) in [5.41, 5.74) is 2.04. The molecule has 0 heterocycles. The van der Waals surface area contributed by atoms with Crippen LogP contribution in [0.3, 0.4) is 0 Å². The van der Waals surface area contributed by atoms with Gasteiger partial charge in [0, 0.05) is 6.21 Å². The van der Waals surface area contributed by atoms with Gasteiger partial charge in [0.2, 0.25) is 0 Å². The molecule has 0 aliphatic rings. The van der Waals surface area contributed by atoms with Crippen LogP contribution in [-0.2, 0) is 0 Å². The Balaban J connectivity index is 4.32. The fourth-order valence-electron chi connectivity index (χ4n) is 0.760. The minimum absolute atomic E-state index is 0.545. The summed E-state index contributed by atoms with van der Waals surface area (Å²) in [7, 11) is 0. The van der Waals surface area contributed by atoms with E-state index in [0.29, 0.717) is 5.92 Å². The molecule has 0 rings (SSSR count). The maximum atomic E-state index is 4.39. The molecule has 1 nitrogen and oxygen atoms in total. The third-order valence-corrected chi connectivity index (χ3v) is 1.96. The van der Waals surface area contributed by atoms with Crippen molar-refractivity contribution in [2.24, 2.45) is 10.9 Å². The third-order valence-electron chi connectivity index (χ3n) is 1.96. The molecule has 0 fully saturated rings. The SMILES string of the molecule is C=C(C)/C=C/C(=C/C)N=CC(C)CC. The second-order valence-electron chi connectivity index (χ2n) is 3.56. The van der Waals surface area contributed by atoms with Crippen LogP contribution in [0.5, 0.6) is 0 Å². The van der Waals surface area contributed by atoms with E-state index in [9.17, 15) is 0 Å². The molecule has 0 spiro atoms. The summed E-state index contributed by atoms with van der Waals surface area (Å²) in [5.74, 6) is 0.545. The van der Waals surface area contributed by atoms with E-state index in [0.717, 1.165) is 17.7 Å². The van der Waals surface area contributed by atoms with E-state index in [1.165, 1.54) is 0 Å². The number of rotatable bonds is 5. The lowest BCUT2D eigenvalue weighted by Crippen LogP contribution is -1.92. The second kappa shape index (κ2) is 7.31. The van der Waals surface area contributed by atoms with E-state index < -0.39 is 0 Å². The molecule has 78 valence electrons. The Morgan fingerprint density at radius 3 is 2.50 bits per heavy atom. The third kappa shape index (κ3) is 6.41. The predicted octanol–water partition coefficient (Wildman–Crippen LogP) is 4.14. The van der Waals surface area contributed by atoms with Crippen LogP contribution in [0.1, 0.15) is 34.1 Å². The zero-order valence-corrected chi connectivity index (χ0v) is 9.75. The van der Waals surface area contributed by atoms with Gasteiger partial charge < -0.3 is 0 Å². The summed E-state index contributed by atoms with van der Waals surface area (Å²) in [6.07, 6.45) is 9.09. The van der Waals surface area contributed by atoms with E-state index in [-0.39, 0.29) is 0 Å². The van der Waals surface area contributed by atoms with Crippen molar-refractivity contribution in [3.63, 3.8) is 0 Å². The molecular weight excluding hydrogens is 170 g/mol. The number of aliphatic imine (C=N–C) groups is 1. The molecule has 0 saturated heterocycles. The van der Waals surface area contributed by atoms with Crippen LogP contribution < -0.4 is 0 Å². The molecule has 0 aromatic heterocycles. The first kappa shape index (κ1) is 12.9. The standard InChI is InChI=1S/C13H21N/c1-6-12(5)10-14-13(7-2)9-8-11(3)4/h7-10,12H,3,6H2,1-2,4-5H3/b9-8+,13-7-,14-10?. The van der Waals surface area contributed by atoms with E-state index >= 15 is 0 Å².